The van der Waals surface area contributed by atoms with Crippen molar-refractivity contribution in [1.82, 2.24) is 15.6 Å². The summed E-state index contributed by atoms with van der Waals surface area (Å²) in [7, 11) is 0. The number of benzene rings is 1. The molecule has 1 amide bonds. The molecule has 2 aromatic rings. The Balaban J connectivity index is 0.00000169. The van der Waals surface area contributed by atoms with E-state index in [0.717, 1.165) is 24.0 Å². The van der Waals surface area contributed by atoms with E-state index in [2.05, 4.69) is 38.5 Å². The molecule has 142 valence electrons. The first-order valence-corrected chi connectivity index (χ1v) is 8.82. The van der Waals surface area contributed by atoms with Gasteiger partial charge in [0.1, 0.15) is 5.75 Å². The molecule has 2 unspecified atom stereocenters. The minimum Gasteiger partial charge on any atom is -0.439 e. The van der Waals surface area contributed by atoms with Gasteiger partial charge in [-0.25, -0.2) is 4.98 Å². The Morgan fingerprint density at radius 3 is 2.77 bits per heavy atom. The summed E-state index contributed by atoms with van der Waals surface area (Å²) < 4.78 is 6.62. The van der Waals surface area contributed by atoms with Crippen LogP contribution in [0.4, 0.5) is 0 Å². The maximum Gasteiger partial charge on any atom is 0.253 e. The summed E-state index contributed by atoms with van der Waals surface area (Å²) in [4.78, 5) is 16.6. The smallest absolute Gasteiger partial charge is 0.253 e. The molecule has 1 saturated heterocycles. The molecule has 0 radical (unpaired) electrons. The first kappa shape index (κ1) is 22.7. The van der Waals surface area contributed by atoms with Crippen LogP contribution < -0.4 is 15.4 Å². The van der Waals surface area contributed by atoms with E-state index in [1.54, 1.807) is 18.3 Å². The topological polar surface area (TPSA) is 63.2 Å². The summed E-state index contributed by atoms with van der Waals surface area (Å²) in [6.07, 6.45) is 2.50. The van der Waals surface area contributed by atoms with Crippen LogP contribution in [0.15, 0.2) is 47.1 Å². The van der Waals surface area contributed by atoms with E-state index in [0.29, 0.717) is 23.1 Å². The fourth-order valence-corrected chi connectivity index (χ4v) is 3.08. The molecule has 0 spiro atoms. The van der Waals surface area contributed by atoms with Crippen LogP contribution in [0.1, 0.15) is 23.7 Å². The molecule has 2 N–H and O–H groups in total. The van der Waals surface area contributed by atoms with Crippen LogP contribution in [0, 0.1) is 5.92 Å². The molecule has 0 bridgehead atoms. The second kappa shape index (κ2) is 10.7. The lowest BCUT2D eigenvalue weighted by atomic mass is 9.95. The van der Waals surface area contributed by atoms with E-state index in [-0.39, 0.29) is 36.8 Å². The zero-order valence-electron chi connectivity index (χ0n) is 14.3. The van der Waals surface area contributed by atoms with Crippen LogP contribution in [0.5, 0.6) is 11.6 Å². The molecule has 8 heteroatoms. The number of piperidine rings is 1. The van der Waals surface area contributed by atoms with E-state index in [1.165, 1.54) is 0 Å². The average Bonchev–Trinajstić information content (AvgIpc) is 2.57. The standard InChI is InChI=1S/C18H20BrN3O2.2ClH/c1-12-10-20-8-7-16(12)22-18(23)13-5-6-17(21-11-13)24-15-4-2-3-14(19)9-15;;/h2-6,9,11-12,16,20H,7-8,10H2,1H3,(H,22,23);2*1H. The van der Waals surface area contributed by atoms with Gasteiger partial charge in [-0.05, 0) is 49.7 Å². The summed E-state index contributed by atoms with van der Waals surface area (Å²) in [6, 6.07) is 11.2. The molecule has 5 nitrogen and oxygen atoms in total. The monoisotopic (exact) mass is 461 g/mol. The zero-order valence-corrected chi connectivity index (χ0v) is 17.5. The van der Waals surface area contributed by atoms with Crippen molar-refractivity contribution in [2.75, 3.05) is 13.1 Å². The van der Waals surface area contributed by atoms with Crippen LogP contribution in [0.3, 0.4) is 0 Å². The fraction of sp³-hybridized carbons (Fsp3) is 0.333. The SMILES string of the molecule is CC1CNCCC1NC(=O)c1ccc(Oc2cccc(Br)c2)nc1.Cl.Cl. The number of halogens is 3. The molecule has 26 heavy (non-hydrogen) atoms. The molecule has 1 aliphatic rings. The minimum absolute atomic E-state index is 0. The van der Waals surface area contributed by atoms with Gasteiger partial charge in [0.05, 0.1) is 5.56 Å². The van der Waals surface area contributed by atoms with Gasteiger partial charge < -0.3 is 15.4 Å². The second-order valence-corrected chi connectivity index (χ2v) is 6.91. The van der Waals surface area contributed by atoms with Gasteiger partial charge in [0, 0.05) is 22.8 Å². The predicted molar refractivity (Wildman–Crippen MR) is 111 cm³/mol. The highest BCUT2D eigenvalue weighted by Crippen LogP contribution is 2.23. The number of aromatic nitrogens is 1. The molecule has 2 heterocycles. The number of nitrogens with zero attached hydrogens (tertiary/aromatic N) is 1. The molecular weight excluding hydrogens is 441 g/mol. The fourth-order valence-electron chi connectivity index (χ4n) is 2.71. The lowest BCUT2D eigenvalue weighted by Crippen LogP contribution is -2.48. The van der Waals surface area contributed by atoms with Crippen molar-refractivity contribution in [3.63, 3.8) is 0 Å². The van der Waals surface area contributed by atoms with Gasteiger partial charge in [-0.1, -0.05) is 28.9 Å². The number of hydrogen-bond acceptors (Lipinski definition) is 4. The zero-order chi connectivity index (χ0) is 16.9. The summed E-state index contributed by atoms with van der Waals surface area (Å²) in [6.45, 7) is 4.01. The van der Waals surface area contributed by atoms with Crippen LogP contribution in [0.25, 0.3) is 0 Å². The largest absolute Gasteiger partial charge is 0.439 e. The molecule has 3 rings (SSSR count). The van der Waals surface area contributed by atoms with Gasteiger partial charge in [-0.3, -0.25) is 4.79 Å². The summed E-state index contributed by atoms with van der Waals surface area (Å²) in [5.41, 5.74) is 0.544. The number of nitrogens with one attached hydrogen (secondary N) is 2. The molecule has 0 aliphatic carbocycles. The number of ether oxygens (including phenoxy) is 1. The third kappa shape index (κ3) is 6.13. The lowest BCUT2D eigenvalue weighted by Gasteiger charge is -2.30. The van der Waals surface area contributed by atoms with Crippen molar-refractivity contribution in [3.8, 4) is 11.6 Å². The van der Waals surface area contributed by atoms with Crippen molar-refractivity contribution in [2.24, 2.45) is 5.92 Å². The van der Waals surface area contributed by atoms with E-state index in [1.807, 2.05) is 24.3 Å². The Labute approximate surface area is 174 Å². The van der Waals surface area contributed by atoms with Gasteiger partial charge in [-0.2, -0.15) is 0 Å². The third-order valence-electron chi connectivity index (χ3n) is 4.12. The molecule has 1 fully saturated rings. The number of carbonyl (C=O) groups excluding carboxylic acids is 1. The summed E-state index contributed by atoms with van der Waals surface area (Å²) in [5.74, 6) is 1.49. The Morgan fingerprint density at radius 2 is 2.12 bits per heavy atom. The maximum atomic E-state index is 12.4. The Hall–Kier alpha value is -1.34. The first-order valence-electron chi connectivity index (χ1n) is 8.03. The third-order valence-corrected chi connectivity index (χ3v) is 4.61. The van der Waals surface area contributed by atoms with Crippen molar-refractivity contribution >= 4 is 46.7 Å². The average molecular weight is 463 g/mol. The number of amides is 1. The number of hydrogen-bond donors (Lipinski definition) is 2. The lowest BCUT2D eigenvalue weighted by molar-refractivity contribution is 0.0914. The molecule has 2 atom stereocenters. The number of rotatable bonds is 4. The highest BCUT2D eigenvalue weighted by Gasteiger charge is 2.23. The van der Waals surface area contributed by atoms with Crippen molar-refractivity contribution < 1.29 is 9.53 Å². The maximum absolute atomic E-state index is 12.4. The normalized spacial score (nSPS) is 18.8. The van der Waals surface area contributed by atoms with Crippen LogP contribution in [-0.2, 0) is 0 Å². The predicted octanol–water partition coefficient (Wildman–Crippen LogP) is 4.21. The van der Waals surface area contributed by atoms with E-state index < -0.39 is 0 Å². The quantitative estimate of drug-likeness (QED) is 0.714. The van der Waals surface area contributed by atoms with Gasteiger partial charge in [0.2, 0.25) is 5.88 Å². The molecule has 0 saturated carbocycles. The first-order chi connectivity index (χ1) is 11.6. The molecule has 1 aromatic carbocycles. The van der Waals surface area contributed by atoms with Crippen LogP contribution in [0.2, 0.25) is 0 Å². The highest BCUT2D eigenvalue weighted by atomic mass is 79.9. The van der Waals surface area contributed by atoms with Crippen molar-refractivity contribution in [3.05, 3.63) is 52.6 Å². The van der Waals surface area contributed by atoms with Gasteiger partial charge >= 0.3 is 0 Å². The summed E-state index contributed by atoms with van der Waals surface area (Å²) >= 11 is 3.40. The van der Waals surface area contributed by atoms with Gasteiger partial charge in [-0.15, -0.1) is 24.8 Å². The molecule has 1 aliphatic heterocycles. The Bertz CT molecular complexity index is 716. The van der Waals surface area contributed by atoms with E-state index in [4.69, 9.17) is 4.74 Å². The molecule has 1 aromatic heterocycles. The van der Waals surface area contributed by atoms with Crippen LogP contribution >= 0.6 is 40.7 Å². The minimum atomic E-state index is -0.0877. The van der Waals surface area contributed by atoms with Crippen LogP contribution in [-0.4, -0.2) is 30.0 Å². The van der Waals surface area contributed by atoms with E-state index >= 15 is 0 Å². The van der Waals surface area contributed by atoms with E-state index in [9.17, 15) is 4.79 Å². The van der Waals surface area contributed by atoms with Crippen molar-refractivity contribution in [2.45, 2.75) is 19.4 Å². The molecular formula is C18H22BrCl2N3O2. The Kier molecular flexibility index (Phi) is 9.36. The van der Waals surface area contributed by atoms with Gasteiger partial charge in [0.15, 0.2) is 0 Å². The van der Waals surface area contributed by atoms with Gasteiger partial charge in [0.25, 0.3) is 5.91 Å². The highest BCUT2D eigenvalue weighted by molar-refractivity contribution is 9.10. The second-order valence-electron chi connectivity index (χ2n) is 5.99. The van der Waals surface area contributed by atoms with Crippen molar-refractivity contribution in [1.29, 1.82) is 0 Å². The summed E-state index contributed by atoms with van der Waals surface area (Å²) in [5, 5.41) is 6.42. The number of carbonyl (C=O) groups is 1. The Morgan fingerprint density at radius 1 is 1.31 bits per heavy atom. The number of pyridine rings is 1.